The number of carbonyl (C=O) groups excluding carboxylic acids is 1. The van der Waals surface area contributed by atoms with Crippen LogP contribution >= 0.6 is 7.82 Å². The predicted molar refractivity (Wildman–Crippen MR) is 102 cm³/mol. The second-order valence-electron chi connectivity index (χ2n) is 7.25. The van der Waals surface area contributed by atoms with Crippen molar-refractivity contribution in [2.24, 2.45) is 0 Å². The molecule has 5 atom stereocenters. The lowest BCUT2D eigenvalue weighted by Gasteiger charge is -2.19. The number of ether oxygens (including phenoxy) is 2. The van der Waals surface area contributed by atoms with E-state index in [-0.39, 0.29) is 5.56 Å². The fourth-order valence-electron chi connectivity index (χ4n) is 3.18. The third-order valence-corrected chi connectivity index (χ3v) is 5.30. The molecule has 3 N–H and O–H groups in total. The van der Waals surface area contributed by atoms with Gasteiger partial charge in [0.2, 0.25) is 0 Å². The Morgan fingerprint density at radius 3 is 2.63 bits per heavy atom. The molecule has 1 aromatic rings. The average molecular weight is 447 g/mol. The highest BCUT2D eigenvalue weighted by molar-refractivity contribution is 7.44. The van der Waals surface area contributed by atoms with Crippen LogP contribution in [0.4, 0.5) is 0 Å². The van der Waals surface area contributed by atoms with Gasteiger partial charge < -0.3 is 34.0 Å². The number of aliphatic hydroxyl groups excluding tert-OH is 2. The zero-order chi connectivity index (χ0) is 22.1. The van der Waals surface area contributed by atoms with Gasteiger partial charge in [-0.15, -0.1) is 0 Å². The topological polar surface area (TPSA) is 149 Å². The molecule has 2 heterocycles. The number of hydrogen-bond donors (Lipinski definition) is 3. The van der Waals surface area contributed by atoms with E-state index in [9.17, 15) is 24.5 Å². The van der Waals surface area contributed by atoms with Crippen LogP contribution < -0.4 is 9.46 Å². The average Bonchev–Trinajstić information content (AvgIpc) is 2.99. The Kier molecular flexibility index (Phi) is 9.83. The molecule has 0 radical (unpaired) electrons. The molecule has 30 heavy (non-hydrogen) atoms. The quantitative estimate of drug-likeness (QED) is 0.181. The molecular weight excluding hydrogens is 417 g/mol. The smallest absolute Gasteiger partial charge is 0.344 e. The highest BCUT2D eigenvalue weighted by atomic mass is 31.2. The number of aromatic nitrogens is 1. The zero-order valence-corrected chi connectivity index (χ0v) is 17.9. The standard InChI is InChI=1S/C19H30NO9P/c1-2-3-4-5-6-7-11-27-19(23)14-9-8-10-20(12-14)18-17(22)16(21)15(29-18)13-28-30(24,25)26/h8-10,12,15-18,21-22H,2-7,11,13H2,1H3,(H-,24,25,26)/t15-,16+,17+,18-/m1/s1. The van der Waals surface area contributed by atoms with Gasteiger partial charge >= 0.3 is 5.97 Å². The van der Waals surface area contributed by atoms with E-state index in [0.29, 0.717) is 6.61 Å². The van der Waals surface area contributed by atoms with Crippen LogP contribution in [0.2, 0.25) is 0 Å². The van der Waals surface area contributed by atoms with Crippen LogP contribution in [0.15, 0.2) is 24.5 Å². The van der Waals surface area contributed by atoms with E-state index in [4.69, 9.17) is 14.4 Å². The minimum absolute atomic E-state index is 0.243. The first-order valence-corrected chi connectivity index (χ1v) is 11.6. The Labute approximate surface area is 175 Å². The summed E-state index contributed by atoms with van der Waals surface area (Å²) in [5.41, 5.74) is 0.243. The number of rotatable bonds is 12. The Balaban J connectivity index is 1.89. The molecule has 2 rings (SSSR count). The number of nitrogens with zero attached hydrogens (tertiary/aromatic N) is 1. The number of pyridine rings is 1. The number of aliphatic hydroxyl groups is 2. The van der Waals surface area contributed by atoms with Gasteiger partial charge in [-0.1, -0.05) is 39.0 Å². The second-order valence-corrected chi connectivity index (χ2v) is 8.45. The van der Waals surface area contributed by atoms with Crippen molar-refractivity contribution in [1.29, 1.82) is 0 Å². The molecule has 0 saturated carbocycles. The summed E-state index contributed by atoms with van der Waals surface area (Å²) in [5.74, 6) is -0.515. The summed E-state index contributed by atoms with van der Waals surface area (Å²) in [6.07, 6.45) is 4.28. The van der Waals surface area contributed by atoms with Crippen LogP contribution in [0.25, 0.3) is 0 Å². The van der Waals surface area contributed by atoms with E-state index in [0.717, 1.165) is 19.3 Å². The summed E-state index contributed by atoms with van der Waals surface area (Å²) in [5, 5.41) is 20.3. The lowest BCUT2D eigenvalue weighted by Crippen LogP contribution is -2.46. The first-order chi connectivity index (χ1) is 14.2. The number of hydrogen-bond acceptors (Lipinski definition) is 8. The minimum Gasteiger partial charge on any atom is -0.756 e. The van der Waals surface area contributed by atoms with Gasteiger partial charge in [0.1, 0.15) is 17.8 Å². The van der Waals surface area contributed by atoms with Gasteiger partial charge in [-0.3, -0.25) is 4.57 Å². The van der Waals surface area contributed by atoms with Crippen molar-refractivity contribution in [3.63, 3.8) is 0 Å². The van der Waals surface area contributed by atoms with Crippen molar-refractivity contribution >= 4 is 13.8 Å². The van der Waals surface area contributed by atoms with Crippen molar-refractivity contribution in [1.82, 2.24) is 0 Å². The molecule has 11 heteroatoms. The molecule has 170 valence electrons. The van der Waals surface area contributed by atoms with Gasteiger partial charge in [0, 0.05) is 6.07 Å². The first-order valence-electron chi connectivity index (χ1n) is 10.1. The van der Waals surface area contributed by atoms with Crippen molar-refractivity contribution in [2.45, 2.75) is 70.0 Å². The maximum Gasteiger partial charge on any atom is 0.344 e. The normalized spacial score (nSPS) is 25.8. The summed E-state index contributed by atoms with van der Waals surface area (Å²) in [7, 11) is -4.99. The molecule has 1 aromatic heterocycles. The monoisotopic (exact) mass is 447 g/mol. The van der Waals surface area contributed by atoms with Crippen LogP contribution in [0.1, 0.15) is 62.0 Å². The Morgan fingerprint density at radius 1 is 1.23 bits per heavy atom. The molecule has 0 aliphatic carbocycles. The highest BCUT2D eigenvalue weighted by Gasteiger charge is 2.48. The van der Waals surface area contributed by atoms with E-state index in [1.54, 1.807) is 12.1 Å². The van der Waals surface area contributed by atoms with Gasteiger partial charge in [-0.25, -0.2) is 4.79 Å². The Hall–Kier alpha value is -1.39. The molecule has 0 bridgehead atoms. The zero-order valence-electron chi connectivity index (χ0n) is 17.0. The lowest BCUT2D eigenvalue weighted by molar-refractivity contribution is -0.765. The summed E-state index contributed by atoms with van der Waals surface area (Å²) in [6.45, 7) is 1.81. The molecule has 0 spiro atoms. The Bertz CT molecular complexity index is 726. The van der Waals surface area contributed by atoms with Crippen molar-refractivity contribution in [3.05, 3.63) is 30.1 Å². The molecule has 0 aromatic carbocycles. The van der Waals surface area contributed by atoms with Gasteiger partial charge in [0.05, 0.1) is 13.2 Å². The van der Waals surface area contributed by atoms with Gasteiger partial charge in [-0.2, -0.15) is 4.57 Å². The SMILES string of the molecule is CCCCCCCCOC(=O)c1ccc[n+]([C@@H]2O[C@H](COP(=O)([O-])O)[C@H](O)[C@@H]2O)c1. The van der Waals surface area contributed by atoms with E-state index in [2.05, 4.69) is 11.4 Å². The fourth-order valence-corrected chi connectivity index (χ4v) is 3.52. The van der Waals surface area contributed by atoms with Crippen LogP contribution in [-0.2, 0) is 18.6 Å². The highest BCUT2D eigenvalue weighted by Crippen LogP contribution is 2.33. The fraction of sp³-hybridized carbons (Fsp3) is 0.684. The van der Waals surface area contributed by atoms with Gasteiger partial charge in [0.25, 0.3) is 14.1 Å². The van der Waals surface area contributed by atoms with E-state index < -0.39 is 44.9 Å². The van der Waals surface area contributed by atoms with Gasteiger partial charge in [0.15, 0.2) is 18.5 Å². The predicted octanol–water partition coefficient (Wildman–Crippen LogP) is 0.588. The summed E-state index contributed by atoms with van der Waals surface area (Å²) in [4.78, 5) is 31.7. The maximum absolute atomic E-state index is 12.3. The molecule has 10 nitrogen and oxygen atoms in total. The van der Waals surface area contributed by atoms with Gasteiger partial charge in [-0.05, 0) is 12.5 Å². The van der Waals surface area contributed by atoms with Crippen molar-refractivity contribution in [3.8, 4) is 0 Å². The molecule has 1 fully saturated rings. The molecule has 1 aliphatic rings. The molecular formula is C19H30NO9P. The number of phosphoric ester groups is 1. The number of esters is 1. The lowest BCUT2D eigenvalue weighted by atomic mass is 10.1. The number of unbranched alkanes of at least 4 members (excludes halogenated alkanes) is 5. The van der Waals surface area contributed by atoms with Crippen LogP contribution in [0.5, 0.6) is 0 Å². The van der Waals surface area contributed by atoms with E-state index in [1.165, 1.54) is 36.2 Å². The largest absolute Gasteiger partial charge is 0.756 e. The molecule has 1 unspecified atom stereocenters. The number of carbonyl (C=O) groups is 1. The summed E-state index contributed by atoms with van der Waals surface area (Å²) in [6, 6.07) is 3.12. The first kappa shape index (κ1) is 24.9. The van der Waals surface area contributed by atoms with Crippen LogP contribution in [-0.4, -0.2) is 52.6 Å². The Morgan fingerprint density at radius 2 is 1.93 bits per heavy atom. The summed E-state index contributed by atoms with van der Waals surface area (Å²) < 4.78 is 27.1. The van der Waals surface area contributed by atoms with Crippen LogP contribution in [0.3, 0.4) is 0 Å². The third-order valence-electron chi connectivity index (χ3n) is 4.82. The van der Waals surface area contributed by atoms with Crippen molar-refractivity contribution in [2.75, 3.05) is 13.2 Å². The maximum atomic E-state index is 12.3. The van der Waals surface area contributed by atoms with Crippen LogP contribution in [0, 0.1) is 0 Å². The van der Waals surface area contributed by atoms with E-state index in [1.807, 2.05) is 0 Å². The number of phosphoric acid groups is 1. The minimum atomic E-state index is -4.99. The molecule has 0 amide bonds. The molecule has 1 aliphatic heterocycles. The summed E-state index contributed by atoms with van der Waals surface area (Å²) >= 11 is 0. The van der Waals surface area contributed by atoms with Crippen molar-refractivity contribution < 1.29 is 47.9 Å². The third kappa shape index (κ3) is 7.70. The molecule has 1 saturated heterocycles. The second kappa shape index (κ2) is 11.9. The van der Waals surface area contributed by atoms with E-state index >= 15 is 0 Å².